The molecule has 0 bridgehead atoms. The minimum atomic E-state index is -1.09. The highest BCUT2D eigenvalue weighted by molar-refractivity contribution is 6.31. The molecule has 8 nitrogen and oxygen atoms in total. The summed E-state index contributed by atoms with van der Waals surface area (Å²) in [5.74, 6) is -1.33. The van der Waals surface area contributed by atoms with E-state index in [9.17, 15) is 19.8 Å². The zero-order valence-electron chi connectivity index (χ0n) is 18.4. The van der Waals surface area contributed by atoms with Crippen molar-refractivity contribution < 1.29 is 15.0 Å². The fraction of sp³-hybridized carbons (Fsp3) is 0.120. The number of azo groups is 1. The Morgan fingerprint density at radius 2 is 1.79 bits per heavy atom. The van der Waals surface area contributed by atoms with Gasteiger partial charge in [-0.3, -0.25) is 15.0 Å². The summed E-state index contributed by atoms with van der Waals surface area (Å²) in [7, 11) is 0. The van der Waals surface area contributed by atoms with Gasteiger partial charge < -0.3 is 10.2 Å². The molecule has 0 aliphatic carbocycles. The standard InChI is InChI=1S/C25H21ClN4O4/c1-13-6-7-15(8-14(13)2)9-20-22(24(32)30-27-20)29-28-21-12-18(26)11-19(23(21)31)16-4-3-5-17(10-16)25(33)34/h3-8,10-12,31H,9H2,1-2H3,(H,33,34)(H2,27,30,32). The molecule has 0 fully saturated rings. The highest BCUT2D eigenvalue weighted by Gasteiger charge is 2.15. The molecule has 1 heterocycles. The van der Waals surface area contributed by atoms with Crippen molar-refractivity contribution in [3.63, 3.8) is 0 Å². The zero-order valence-corrected chi connectivity index (χ0v) is 19.1. The number of aromatic carboxylic acids is 1. The molecule has 0 atom stereocenters. The first-order chi connectivity index (χ1) is 16.2. The Kier molecular flexibility index (Phi) is 6.34. The molecule has 172 valence electrons. The maximum atomic E-state index is 12.3. The average molecular weight is 477 g/mol. The van der Waals surface area contributed by atoms with Crippen LogP contribution in [0.15, 0.2) is 69.6 Å². The number of nitrogens with one attached hydrogen (secondary N) is 2. The van der Waals surface area contributed by atoms with Crippen molar-refractivity contribution >= 4 is 28.9 Å². The van der Waals surface area contributed by atoms with Gasteiger partial charge in [0, 0.05) is 17.0 Å². The Labute approximate surface area is 199 Å². The van der Waals surface area contributed by atoms with Crippen LogP contribution in [0.25, 0.3) is 11.1 Å². The normalized spacial score (nSPS) is 11.3. The van der Waals surface area contributed by atoms with Crippen LogP contribution in [0, 0.1) is 13.8 Å². The van der Waals surface area contributed by atoms with Crippen LogP contribution in [-0.2, 0) is 6.42 Å². The number of rotatable bonds is 6. The van der Waals surface area contributed by atoms with E-state index in [0.717, 1.165) is 11.1 Å². The number of nitrogens with zero attached hydrogens (tertiary/aromatic N) is 2. The van der Waals surface area contributed by atoms with Crippen LogP contribution in [0.1, 0.15) is 32.7 Å². The summed E-state index contributed by atoms with van der Waals surface area (Å²) in [5.41, 5.74) is 4.36. The highest BCUT2D eigenvalue weighted by Crippen LogP contribution is 2.40. The number of carboxylic acid groups (broad SMARTS) is 1. The van der Waals surface area contributed by atoms with E-state index in [1.807, 2.05) is 32.0 Å². The molecule has 0 unspecified atom stereocenters. The number of hydrogen-bond donors (Lipinski definition) is 4. The smallest absolute Gasteiger partial charge is 0.335 e. The molecule has 0 saturated carbocycles. The molecule has 3 aromatic carbocycles. The quantitative estimate of drug-likeness (QED) is 0.252. The molecule has 0 saturated heterocycles. The van der Waals surface area contributed by atoms with Gasteiger partial charge in [-0.1, -0.05) is 41.9 Å². The summed E-state index contributed by atoms with van der Waals surface area (Å²) < 4.78 is 0. The lowest BCUT2D eigenvalue weighted by Gasteiger charge is -2.09. The Morgan fingerprint density at radius 3 is 2.53 bits per heavy atom. The molecule has 34 heavy (non-hydrogen) atoms. The van der Waals surface area contributed by atoms with Crippen molar-refractivity contribution in [1.82, 2.24) is 10.2 Å². The molecule has 4 N–H and O–H groups in total. The van der Waals surface area contributed by atoms with E-state index in [2.05, 4.69) is 20.4 Å². The van der Waals surface area contributed by atoms with Crippen molar-refractivity contribution in [3.05, 3.63) is 97.9 Å². The Hall–Kier alpha value is -4.17. The lowest BCUT2D eigenvalue weighted by atomic mass is 10.0. The highest BCUT2D eigenvalue weighted by atomic mass is 35.5. The van der Waals surface area contributed by atoms with Crippen LogP contribution in [0.4, 0.5) is 11.4 Å². The van der Waals surface area contributed by atoms with Gasteiger partial charge in [0.15, 0.2) is 11.4 Å². The molecule has 1 aromatic heterocycles. The molecule has 0 aliphatic heterocycles. The number of H-pyrrole nitrogens is 2. The summed E-state index contributed by atoms with van der Waals surface area (Å²) in [6.45, 7) is 4.05. The Morgan fingerprint density at radius 1 is 1.00 bits per heavy atom. The molecule has 0 aliphatic rings. The zero-order chi connectivity index (χ0) is 24.4. The SMILES string of the molecule is Cc1ccc(Cc2[nH][nH]c(=O)c2N=Nc2cc(Cl)cc(-c3cccc(C(=O)O)c3)c2O)cc1C. The fourth-order valence-electron chi connectivity index (χ4n) is 3.54. The van der Waals surface area contributed by atoms with Gasteiger partial charge in [0.25, 0.3) is 5.56 Å². The van der Waals surface area contributed by atoms with Crippen LogP contribution in [0.3, 0.4) is 0 Å². The van der Waals surface area contributed by atoms with Crippen LogP contribution in [0.5, 0.6) is 5.75 Å². The second-order valence-corrected chi connectivity index (χ2v) is 8.35. The van der Waals surface area contributed by atoms with Gasteiger partial charge in [0.05, 0.1) is 11.3 Å². The predicted octanol–water partition coefficient (Wildman–Crippen LogP) is 6.05. The molecular formula is C25H21ClN4O4. The van der Waals surface area contributed by atoms with Crippen LogP contribution < -0.4 is 5.56 Å². The lowest BCUT2D eigenvalue weighted by molar-refractivity contribution is 0.0697. The molecule has 4 rings (SSSR count). The molecule has 9 heteroatoms. The van der Waals surface area contributed by atoms with Gasteiger partial charge in [-0.15, -0.1) is 10.2 Å². The Bertz CT molecular complexity index is 1490. The lowest BCUT2D eigenvalue weighted by Crippen LogP contribution is -1.97. The van der Waals surface area contributed by atoms with Gasteiger partial charge in [-0.2, -0.15) is 0 Å². The van der Waals surface area contributed by atoms with Gasteiger partial charge in [0.1, 0.15) is 5.69 Å². The van der Waals surface area contributed by atoms with Gasteiger partial charge >= 0.3 is 5.97 Å². The van der Waals surface area contributed by atoms with Gasteiger partial charge in [-0.25, -0.2) is 4.79 Å². The molecular weight excluding hydrogens is 456 g/mol. The van der Waals surface area contributed by atoms with Gasteiger partial charge in [-0.05, 0) is 60.4 Å². The topological polar surface area (TPSA) is 131 Å². The third kappa shape index (κ3) is 4.77. The summed E-state index contributed by atoms with van der Waals surface area (Å²) in [6, 6.07) is 15.0. The number of carbonyl (C=O) groups is 1. The largest absolute Gasteiger partial charge is 0.505 e. The van der Waals surface area contributed by atoms with Crippen molar-refractivity contribution in [2.24, 2.45) is 10.2 Å². The summed E-state index contributed by atoms with van der Waals surface area (Å²) in [4.78, 5) is 23.6. The van der Waals surface area contributed by atoms with E-state index >= 15 is 0 Å². The number of halogens is 1. The van der Waals surface area contributed by atoms with E-state index in [-0.39, 0.29) is 27.7 Å². The number of phenols is 1. The number of benzene rings is 3. The average Bonchev–Trinajstić information content (AvgIpc) is 3.15. The third-order valence-corrected chi connectivity index (χ3v) is 5.73. The minimum Gasteiger partial charge on any atom is -0.505 e. The second kappa shape index (κ2) is 9.36. The van der Waals surface area contributed by atoms with E-state index in [1.54, 1.807) is 12.1 Å². The summed E-state index contributed by atoms with van der Waals surface area (Å²) >= 11 is 6.23. The first-order valence-corrected chi connectivity index (χ1v) is 10.7. The summed E-state index contributed by atoms with van der Waals surface area (Å²) in [6.07, 6.45) is 0.434. The maximum absolute atomic E-state index is 12.3. The third-order valence-electron chi connectivity index (χ3n) is 5.51. The second-order valence-electron chi connectivity index (χ2n) is 7.91. The number of carboxylic acids is 1. The van der Waals surface area contributed by atoms with Crippen LogP contribution in [0.2, 0.25) is 5.02 Å². The van der Waals surface area contributed by atoms with E-state index in [0.29, 0.717) is 23.2 Å². The predicted molar refractivity (Wildman–Crippen MR) is 130 cm³/mol. The van der Waals surface area contributed by atoms with Gasteiger partial charge in [0.2, 0.25) is 0 Å². The van der Waals surface area contributed by atoms with E-state index < -0.39 is 11.5 Å². The molecule has 0 spiro atoms. The van der Waals surface area contributed by atoms with Crippen LogP contribution >= 0.6 is 11.6 Å². The number of aromatic nitrogens is 2. The minimum absolute atomic E-state index is 0.0426. The fourth-order valence-corrected chi connectivity index (χ4v) is 3.76. The van der Waals surface area contributed by atoms with Crippen molar-refractivity contribution in [1.29, 1.82) is 0 Å². The van der Waals surface area contributed by atoms with E-state index in [4.69, 9.17) is 11.6 Å². The molecule has 4 aromatic rings. The molecule has 0 amide bonds. The summed E-state index contributed by atoms with van der Waals surface area (Å²) in [5, 5.41) is 33.9. The Balaban J connectivity index is 1.70. The number of phenolic OH excluding ortho intramolecular Hbond substituents is 1. The first-order valence-electron chi connectivity index (χ1n) is 10.4. The van der Waals surface area contributed by atoms with E-state index in [1.165, 1.54) is 29.8 Å². The first kappa shape index (κ1) is 23.0. The number of aromatic hydroxyl groups is 1. The van der Waals surface area contributed by atoms with Crippen molar-refractivity contribution in [3.8, 4) is 16.9 Å². The van der Waals surface area contributed by atoms with Crippen molar-refractivity contribution in [2.75, 3.05) is 0 Å². The molecule has 0 radical (unpaired) electrons. The number of hydrogen-bond acceptors (Lipinski definition) is 5. The number of aromatic amines is 2. The maximum Gasteiger partial charge on any atom is 0.335 e. The van der Waals surface area contributed by atoms with Crippen molar-refractivity contribution in [2.45, 2.75) is 20.3 Å². The monoisotopic (exact) mass is 476 g/mol. The number of aryl methyl sites for hydroxylation is 2. The van der Waals surface area contributed by atoms with Crippen LogP contribution in [-0.4, -0.2) is 26.4 Å².